The second-order valence-electron chi connectivity index (χ2n) is 14.0. The number of rotatable bonds is 5. The molecule has 0 atom stereocenters. The lowest BCUT2D eigenvalue weighted by Gasteiger charge is -2.23. The number of nitrogens with zero attached hydrogens (tertiary/aromatic N) is 2. The van der Waals surface area contributed by atoms with Crippen molar-refractivity contribution in [3.05, 3.63) is 164 Å². The zero-order valence-electron chi connectivity index (χ0n) is 29.9. The predicted octanol–water partition coefficient (Wildman–Crippen LogP) is 6.85. The third kappa shape index (κ3) is 5.10. The summed E-state index contributed by atoms with van der Waals surface area (Å²) in [5.41, 5.74) is 13.9. The summed E-state index contributed by atoms with van der Waals surface area (Å²) in [6, 6.07) is 58.1. The Morgan fingerprint density at radius 3 is 1.36 bits per heavy atom. The largest absolute Gasteiger partial charge is 0.310 e. The minimum absolute atomic E-state index is 0.191. The second kappa shape index (κ2) is 12.9. The van der Waals surface area contributed by atoms with E-state index in [0.29, 0.717) is 16.6 Å². The fourth-order valence-corrected chi connectivity index (χ4v) is 8.40. The Morgan fingerprint density at radius 1 is 0.309 bits per heavy atom. The van der Waals surface area contributed by atoms with Gasteiger partial charge in [-0.25, -0.2) is 0 Å². The van der Waals surface area contributed by atoms with Crippen LogP contribution in [0.25, 0.3) is 88.4 Å². The van der Waals surface area contributed by atoms with E-state index in [9.17, 15) is 0 Å². The van der Waals surface area contributed by atoms with Gasteiger partial charge in [0.15, 0.2) is 0 Å². The molecule has 10 aromatic rings. The molecule has 10 radical (unpaired) electrons. The molecule has 2 aromatic heterocycles. The molecule has 0 aliphatic carbocycles. The summed E-state index contributed by atoms with van der Waals surface area (Å²) in [5, 5.41) is 4.42. The third-order valence-electron chi connectivity index (χ3n) is 11.0. The van der Waals surface area contributed by atoms with Crippen LogP contribution in [0.15, 0.2) is 164 Å². The van der Waals surface area contributed by atoms with Gasteiger partial charge in [0.1, 0.15) is 39.2 Å². The van der Waals surface area contributed by atoms with E-state index in [1.807, 2.05) is 16.7 Å². The molecule has 0 aliphatic rings. The van der Waals surface area contributed by atoms with Crippen LogP contribution in [-0.4, -0.2) is 48.4 Å². The van der Waals surface area contributed by atoms with Crippen LogP contribution in [0.1, 0.15) is 0 Å². The van der Waals surface area contributed by atoms with Gasteiger partial charge in [-0.2, -0.15) is 0 Å². The van der Waals surface area contributed by atoms with Crippen LogP contribution in [0.4, 0.5) is 0 Å². The highest BCUT2D eigenvalue weighted by atomic mass is 15.0. The maximum atomic E-state index is 6.63. The van der Waals surface area contributed by atoms with Crippen LogP contribution in [-0.2, 0) is 0 Å². The van der Waals surface area contributed by atoms with Gasteiger partial charge in [0.2, 0.25) is 0 Å². The first kappa shape index (κ1) is 33.3. The first-order valence-corrected chi connectivity index (χ1v) is 18.2. The normalized spacial score (nSPS) is 11.6. The van der Waals surface area contributed by atoms with Gasteiger partial charge < -0.3 is 9.13 Å². The summed E-state index contributed by atoms with van der Waals surface area (Å²) >= 11 is 0. The van der Waals surface area contributed by atoms with Crippen molar-refractivity contribution < 1.29 is 0 Å². The SMILES string of the molecule is [B]c1c([B])c([B])c(-n2c3ccccc3c3cc(-n4c5ccccc5c5cc(-c6c(-c7ccccc7)cccc6-c6ccccc6)ccc54)ccc32)c([B])c1[B]. The van der Waals surface area contributed by atoms with Gasteiger partial charge in [-0.1, -0.05) is 132 Å². The molecule has 0 spiro atoms. The highest BCUT2D eigenvalue weighted by Gasteiger charge is 2.21. The Kier molecular flexibility index (Phi) is 7.82. The Morgan fingerprint density at radius 2 is 0.764 bits per heavy atom. The molecule has 0 saturated carbocycles. The number of benzene rings is 8. The zero-order chi connectivity index (χ0) is 37.4. The van der Waals surface area contributed by atoms with E-state index in [1.54, 1.807) is 0 Å². The van der Waals surface area contributed by atoms with Crippen LogP contribution in [0.5, 0.6) is 0 Å². The van der Waals surface area contributed by atoms with Crippen LogP contribution in [0.2, 0.25) is 0 Å². The molecule has 7 heteroatoms. The summed E-state index contributed by atoms with van der Waals surface area (Å²) in [4.78, 5) is 0. The lowest BCUT2D eigenvalue weighted by Crippen LogP contribution is -2.56. The smallest absolute Gasteiger partial charge is 0.115 e. The van der Waals surface area contributed by atoms with Crippen molar-refractivity contribution in [3.63, 3.8) is 0 Å². The van der Waals surface area contributed by atoms with E-state index >= 15 is 0 Å². The van der Waals surface area contributed by atoms with Gasteiger partial charge in [-0.3, -0.25) is 0 Å². The lowest BCUT2D eigenvalue weighted by atomic mass is 9.61. The van der Waals surface area contributed by atoms with Gasteiger partial charge >= 0.3 is 0 Å². The van der Waals surface area contributed by atoms with Crippen LogP contribution in [0, 0.1) is 0 Å². The molecular formula is C48H27B5N2. The molecular weight excluding hydrogens is 659 g/mol. The van der Waals surface area contributed by atoms with E-state index in [0.717, 1.165) is 44.1 Å². The van der Waals surface area contributed by atoms with E-state index in [1.165, 1.54) is 38.6 Å². The van der Waals surface area contributed by atoms with Crippen molar-refractivity contribution in [3.8, 4) is 44.8 Å². The summed E-state index contributed by atoms with van der Waals surface area (Å²) in [6.07, 6.45) is 0. The number of para-hydroxylation sites is 2. The molecule has 0 unspecified atom stereocenters. The van der Waals surface area contributed by atoms with E-state index in [2.05, 4.69) is 156 Å². The van der Waals surface area contributed by atoms with E-state index in [-0.39, 0.29) is 16.4 Å². The molecule has 10 rings (SSSR count). The molecule has 0 N–H and O–H groups in total. The van der Waals surface area contributed by atoms with Gasteiger partial charge in [-0.05, 0) is 75.8 Å². The first-order chi connectivity index (χ1) is 26.9. The monoisotopic (exact) mass is 686 g/mol. The quantitative estimate of drug-likeness (QED) is 0.176. The molecule has 8 aromatic carbocycles. The predicted molar refractivity (Wildman–Crippen MR) is 238 cm³/mol. The molecule has 244 valence electrons. The van der Waals surface area contributed by atoms with Crippen molar-refractivity contribution in [2.24, 2.45) is 0 Å². The lowest BCUT2D eigenvalue weighted by molar-refractivity contribution is 1.18. The maximum Gasteiger partial charge on any atom is 0.115 e. The minimum atomic E-state index is 0.191. The summed E-state index contributed by atoms with van der Waals surface area (Å²) < 4.78 is 4.39. The first-order valence-electron chi connectivity index (χ1n) is 18.2. The molecule has 0 fully saturated rings. The second-order valence-corrected chi connectivity index (χ2v) is 14.0. The van der Waals surface area contributed by atoms with Crippen LogP contribution >= 0.6 is 0 Å². The molecule has 0 saturated heterocycles. The zero-order valence-corrected chi connectivity index (χ0v) is 29.9. The fraction of sp³-hybridized carbons (Fsp3) is 0. The summed E-state index contributed by atoms with van der Waals surface area (Å²) in [6.45, 7) is 0. The Labute approximate surface area is 326 Å². The van der Waals surface area contributed by atoms with Crippen molar-refractivity contribution >= 4 is 110 Å². The molecule has 0 bridgehead atoms. The summed E-state index contributed by atoms with van der Waals surface area (Å²) in [7, 11) is 32.2. The van der Waals surface area contributed by atoms with Gasteiger partial charge in [0.05, 0.1) is 22.1 Å². The highest BCUT2D eigenvalue weighted by Crippen LogP contribution is 2.43. The molecule has 55 heavy (non-hydrogen) atoms. The number of hydrogen-bond donors (Lipinski definition) is 0. The molecule has 0 amide bonds. The van der Waals surface area contributed by atoms with Crippen molar-refractivity contribution in [2.75, 3.05) is 0 Å². The van der Waals surface area contributed by atoms with Crippen LogP contribution < -0.4 is 27.3 Å². The van der Waals surface area contributed by atoms with Gasteiger partial charge in [0.25, 0.3) is 0 Å². The third-order valence-corrected chi connectivity index (χ3v) is 11.0. The number of aromatic nitrogens is 2. The average Bonchev–Trinajstić information content (AvgIpc) is 3.74. The molecule has 2 heterocycles. The van der Waals surface area contributed by atoms with E-state index < -0.39 is 0 Å². The van der Waals surface area contributed by atoms with E-state index in [4.69, 9.17) is 39.2 Å². The fourth-order valence-electron chi connectivity index (χ4n) is 8.40. The average molecular weight is 686 g/mol. The van der Waals surface area contributed by atoms with Crippen molar-refractivity contribution in [1.82, 2.24) is 9.13 Å². The van der Waals surface area contributed by atoms with Crippen molar-refractivity contribution in [1.29, 1.82) is 0 Å². The Bertz CT molecular complexity index is 3060. The standard InChI is InChI=1S/C48H27B5N2/c49-43-44(50)46(52)48(47(53)45(43)51)55-39-21-10-8-17-35(39)37-27-31(23-25-41(37)55)54-38-20-9-7-16-34(38)36-26-30(22-24-40(36)54)42-32(28-12-3-1-4-13-28)18-11-19-33(42)29-14-5-2-6-15-29/h1-27H. The molecule has 0 aliphatic heterocycles. The molecule has 2 nitrogen and oxygen atoms in total. The van der Waals surface area contributed by atoms with Gasteiger partial charge in [-0.15, -0.1) is 16.4 Å². The Hall–Kier alpha value is -6.32. The minimum Gasteiger partial charge on any atom is -0.310 e. The number of hydrogen-bond acceptors (Lipinski definition) is 0. The van der Waals surface area contributed by atoms with Gasteiger partial charge in [0, 0.05) is 32.9 Å². The van der Waals surface area contributed by atoms with Crippen molar-refractivity contribution in [2.45, 2.75) is 0 Å². The van der Waals surface area contributed by atoms with Crippen LogP contribution in [0.3, 0.4) is 0 Å². The number of fused-ring (bicyclic) bond motifs is 6. The summed E-state index contributed by atoms with van der Waals surface area (Å²) in [5.74, 6) is 0. The topological polar surface area (TPSA) is 9.86 Å². The Balaban J connectivity index is 1.22. The highest BCUT2D eigenvalue weighted by molar-refractivity contribution is 6.68. The maximum absolute atomic E-state index is 6.63.